The quantitative estimate of drug-likeness (QED) is 0.594. The highest BCUT2D eigenvalue weighted by Crippen LogP contribution is 2.08. The number of aliphatic hydroxyl groups is 1. The summed E-state index contributed by atoms with van der Waals surface area (Å²) in [5.41, 5.74) is -0.449. The molecule has 0 aromatic heterocycles. The van der Waals surface area contributed by atoms with E-state index in [2.05, 4.69) is 5.32 Å². The number of nitrogens with one attached hydrogen (secondary N) is 1. The first kappa shape index (κ1) is 12.8. The van der Waals surface area contributed by atoms with Gasteiger partial charge in [-0.15, -0.1) is 0 Å². The van der Waals surface area contributed by atoms with Crippen molar-refractivity contribution in [3.63, 3.8) is 0 Å². The molecule has 0 radical (unpaired) electrons. The van der Waals surface area contributed by atoms with E-state index in [1.165, 1.54) is 0 Å². The maximum atomic E-state index is 11.3. The second-order valence-corrected chi connectivity index (χ2v) is 4.35. The third-order valence-electron chi connectivity index (χ3n) is 2.10. The molecule has 0 aliphatic carbocycles. The van der Waals surface area contributed by atoms with Crippen molar-refractivity contribution in [3.8, 4) is 0 Å². The van der Waals surface area contributed by atoms with Gasteiger partial charge >= 0.3 is 0 Å². The van der Waals surface area contributed by atoms with Crippen LogP contribution in [0.4, 0.5) is 0 Å². The molecule has 0 heterocycles. The Morgan fingerprint density at radius 3 is 2.69 bits per heavy atom. The molecule has 0 fully saturated rings. The molecule has 2 N–H and O–H groups in total. The van der Waals surface area contributed by atoms with E-state index in [0.717, 1.165) is 12.2 Å². The van der Waals surface area contributed by atoms with Crippen LogP contribution in [0.25, 0.3) is 0 Å². The number of rotatable bonds is 6. The summed E-state index contributed by atoms with van der Waals surface area (Å²) in [6.45, 7) is 3.80. The van der Waals surface area contributed by atoms with Crippen LogP contribution < -0.4 is 5.32 Å². The van der Waals surface area contributed by atoms with Crippen molar-refractivity contribution in [2.45, 2.75) is 32.2 Å². The molecule has 0 saturated carbocycles. The fraction of sp³-hybridized carbons (Fsp3) is 0.875. The molecule has 0 saturated heterocycles. The smallest absolute Gasteiger partial charge is 0.221 e. The van der Waals surface area contributed by atoms with E-state index in [1.54, 1.807) is 11.6 Å². The van der Waals surface area contributed by atoms with Crippen LogP contribution in [0.2, 0.25) is 0 Å². The monoisotopic (exact) mass is 203 g/mol. The van der Waals surface area contributed by atoms with Crippen molar-refractivity contribution < 1.29 is 9.90 Å². The molecule has 0 spiro atoms. The SMILES string of the molecule is BSCCC(=O)NC(C)(CC)CO. The van der Waals surface area contributed by atoms with Crippen molar-refractivity contribution in [1.82, 2.24) is 5.32 Å². The van der Waals surface area contributed by atoms with Gasteiger partial charge in [0.25, 0.3) is 0 Å². The third-order valence-corrected chi connectivity index (χ3v) is 2.72. The van der Waals surface area contributed by atoms with Gasteiger partial charge in [-0.3, -0.25) is 4.79 Å². The fourth-order valence-corrected chi connectivity index (χ4v) is 1.22. The molecule has 1 unspecified atom stereocenters. The van der Waals surface area contributed by atoms with E-state index in [-0.39, 0.29) is 12.5 Å². The maximum absolute atomic E-state index is 11.3. The first-order chi connectivity index (χ1) is 6.08. The molecule has 0 aliphatic heterocycles. The van der Waals surface area contributed by atoms with Crippen LogP contribution in [0.1, 0.15) is 26.7 Å². The Hall–Kier alpha value is -0.155. The molecular weight excluding hydrogens is 185 g/mol. The Morgan fingerprint density at radius 2 is 2.31 bits per heavy atom. The largest absolute Gasteiger partial charge is 0.394 e. The minimum absolute atomic E-state index is 0.00545. The summed E-state index contributed by atoms with van der Waals surface area (Å²) >= 11 is 1.65. The topological polar surface area (TPSA) is 49.3 Å². The Morgan fingerprint density at radius 1 is 1.69 bits per heavy atom. The van der Waals surface area contributed by atoms with E-state index < -0.39 is 5.54 Å². The molecule has 3 nitrogen and oxygen atoms in total. The van der Waals surface area contributed by atoms with Gasteiger partial charge < -0.3 is 10.4 Å². The van der Waals surface area contributed by atoms with Gasteiger partial charge in [-0.1, -0.05) is 6.92 Å². The van der Waals surface area contributed by atoms with Gasteiger partial charge in [0.05, 0.1) is 12.1 Å². The van der Waals surface area contributed by atoms with Crippen LogP contribution in [0.15, 0.2) is 0 Å². The Bertz CT molecular complexity index is 162. The van der Waals surface area contributed by atoms with E-state index in [4.69, 9.17) is 5.11 Å². The molecule has 76 valence electrons. The Kier molecular flexibility index (Phi) is 6.25. The Balaban J connectivity index is 3.87. The molecule has 1 atom stereocenters. The average Bonchev–Trinajstić information content (AvgIpc) is 2.14. The first-order valence-corrected chi connectivity index (χ1v) is 5.88. The molecular formula is C8H18BNO2S. The lowest BCUT2D eigenvalue weighted by atomic mass is 10.0. The van der Waals surface area contributed by atoms with Crippen molar-refractivity contribution >= 4 is 24.6 Å². The van der Waals surface area contributed by atoms with Gasteiger partial charge in [0, 0.05) is 6.42 Å². The lowest BCUT2D eigenvalue weighted by molar-refractivity contribution is -0.123. The minimum atomic E-state index is -0.449. The van der Waals surface area contributed by atoms with Crippen LogP contribution in [-0.2, 0) is 4.79 Å². The summed E-state index contributed by atoms with van der Waals surface area (Å²) in [6.07, 6.45) is 1.27. The van der Waals surface area contributed by atoms with Gasteiger partial charge in [-0.25, -0.2) is 11.6 Å². The van der Waals surface area contributed by atoms with Crippen LogP contribution >= 0.6 is 11.6 Å². The van der Waals surface area contributed by atoms with E-state index in [0.29, 0.717) is 6.42 Å². The summed E-state index contributed by atoms with van der Waals surface area (Å²) in [7, 11) is 1.97. The van der Waals surface area contributed by atoms with Crippen molar-refractivity contribution in [3.05, 3.63) is 0 Å². The highest BCUT2D eigenvalue weighted by atomic mass is 32.2. The summed E-state index contributed by atoms with van der Waals surface area (Å²) < 4.78 is 0. The zero-order valence-corrected chi connectivity index (χ0v) is 9.41. The predicted molar refractivity (Wildman–Crippen MR) is 59.5 cm³/mol. The van der Waals surface area contributed by atoms with E-state index in [1.807, 2.05) is 21.0 Å². The minimum Gasteiger partial charge on any atom is -0.394 e. The average molecular weight is 203 g/mol. The van der Waals surface area contributed by atoms with E-state index >= 15 is 0 Å². The molecule has 0 aliphatic rings. The first-order valence-electron chi connectivity index (χ1n) is 4.49. The van der Waals surface area contributed by atoms with Gasteiger partial charge in [-0.2, -0.15) is 0 Å². The highest BCUT2D eigenvalue weighted by Gasteiger charge is 2.22. The fourth-order valence-electron chi connectivity index (χ4n) is 0.834. The van der Waals surface area contributed by atoms with Crippen LogP contribution in [0.5, 0.6) is 0 Å². The third kappa shape index (κ3) is 5.21. The lowest BCUT2D eigenvalue weighted by Gasteiger charge is -2.27. The number of carbonyl (C=O) groups excluding carboxylic acids is 1. The van der Waals surface area contributed by atoms with Crippen LogP contribution in [0, 0.1) is 0 Å². The second kappa shape index (κ2) is 6.32. The number of carbonyl (C=O) groups is 1. The van der Waals surface area contributed by atoms with Crippen LogP contribution in [0.3, 0.4) is 0 Å². The summed E-state index contributed by atoms with van der Waals surface area (Å²) in [5.74, 6) is 0.851. The van der Waals surface area contributed by atoms with Crippen molar-refractivity contribution in [2.24, 2.45) is 0 Å². The number of hydrogen-bond acceptors (Lipinski definition) is 3. The zero-order valence-electron chi connectivity index (χ0n) is 8.59. The predicted octanol–water partition coefficient (Wildman–Crippen LogP) is -0.0650. The summed E-state index contributed by atoms with van der Waals surface area (Å²) in [6, 6.07) is 0. The van der Waals surface area contributed by atoms with Gasteiger partial charge in [0.15, 0.2) is 7.12 Å². The standard InChI is InChI=1S/C8H18BNO2S/c1-3-8(2,6-11)10-7(12)4-5-13-9/h11H,3-6,9H2,1-2H3,(H,10,12). The van der Waals surface area contributed by atoms with Gasteiger partial charge in [-0.05, 0) is 19.1 Å². The molecule has 1 amide bonds. The lowest BCUT2D eigenvalue weighted by Crippen LogP contribution is -2.48. The normalized spacial score (nSPS) is 15.0. The maximum Gasteiger partial charge on any atom is 0.221 e. The number of aliphatic hydroxyl groups excluding tert-OH is 1. The molecule has 0 bridgehead atoms. The molecule has 0 aromatic carbocycles. The van der Waals surface area contributed by atoms with Crippen molar-refractivity contribution in [2.75, 3.05) is 12.4 Å². The molecule has 13 heavy (non-hydrogen) atoms. The summed E-state index contributed by atoms with van der Waals surface area (Å²) in [5, 5.41) is 11.9. The zero-order chi connectivity index (χ0) is 10.3. The number of amides is 1. The molecule has 5 heteroatoms. The Labute approximate surface area is 85.0 Å². The molecule has 0 aromatic rings. The van der Waals surface area contributed by atoms with Gasteiger partial charge in [0.2, 0.25) is 5.91 Å². The van der Waals surface area contributed by atoms with Crippen LogP contribution in [-0.4, -0.2) is 36.0 Å². The van der Waals surface area contributed by atoms with Crippen molar-refractivity contribution in [1.29, 1.82) is 0 Å². The molecule has 0 rings (SSSR count). The second-order valence-electron chi connectivity index (χ2n) is 3.36. The highest BCUT2D eigenvalue weighted by molar-refractivity contribution is 8.19. The van der Waals surface area contributed by atoms with E-state index in [9.17, 15) is 4.79 Å². The summed E-state index contributed by atoms with van der Waals surface area (Å²) in [4.78, 5) is 11.3. The number of hydrogen-bond donors (Lipinski definition) is 2. The van der Waals surface area contributed by atoms with Gasteiger partial charge in [0.1, 0.15) is 0 Å².